The number of hydrazine groups is 1. The Hall–Kier alpha value is -3.19. The zero-order chi connectivity index (χ0) is 19.9. The summed E-state index contributed by atoms with van der Waals surface area (Å²) in [6.45, 7) is -0.283. The molecule has 0 heterocycles. The van der Waals surface area contributed by atoms with Crippen molar-refractivity contribution in [1.82, 2.24) is 10.9 Å². The Morgan fingerprint density at radius 2 is 1.64 bits per heavy atom. The predicted molar refractivity (Wildman–Crippen MR) is 107 cm³/mol. The van der Waals surface area contributed by atoms with Crippen LogP contribution in [-0.4, -0.2) is 18.4 Å². The van der Waals surface area contributed by atoms with Gasteiger partial charge in [-0.2, -0.15) is 0 Å². The number of hydrogen-bond donors (Lipinski definition) is 2. The van der Waals surface area contributed by atoms with Gasteiger partial charge in [-0.1, -0.05) is 48.5 Å². The van der Waals surface area contributed by atoms with Gasteiger partial charge < -0.3 is 4.74 Å². The molecule has 0 fully saturated rings. The minimum atomic E-state index is -0.579. The summed E-state index contributed by atoms with van der Waals surface area (Å²) in [7, 11) is 0. The highest BCUT2D eigenvalue weighted by Gasteiger charge is 2.13. The molecule has 0 bridgehead atoms. The highest BCUT2D eigenvalue weighted by molar-refractivity contribution is 9.10. The second-order valence-electron chi connectivity index (χ2n) is 5.78. The first kappa shape index (κ1) is 19.6. The van der Waals surface area contributed by atoms with E-state index in [9.17, 15) is 14.0 Å². The first-order valence-electron chi connectivity index (χ1n) is 8.36. The van der Waals surface area contributed by atoms with E-state index in [1.807, 2.05) is 48.5 Å². The van der Waals surface area contributed by atoms with E-state index in [-0.39, 0.29) is 16.6 Å². The van der Waals surface area contributed by atoms with E-state index in [1.54, 1.807) is 6.07 Å². The monoisotopic (exact) mass is 442 g/mol. The number of hydrogen-bond acceptors (Lipinski definition) is 3. The summed E-state index contributed by atoms with van der Waals surface area (Å²) >= 11 is 3.11. The largest absolute Gasteiger partial charge is 0.483 e. The lowest BCUT2D eigenvalue weighted by Gasteiger charge is -2.12. The molecule has 0 aliphatic rings. The molecule has 0 atom stereocenters. The second-order valence-corrected chi connectivity index (χ2v) is 6.63. The number of halogens is 2. The zero-order valence-corrected chi connectivity index (χ0v) is 16.2. The van der Waals surface area contributed by atoms with Crippen molar-refractivity contribution >= 4 is 27.7 Å². The van der Waals surface area contributed by atoms with Crippen LogP contribution in [0.2, 0.25) is 0 Å². The summed E-state index contributed by atoms with van der Waals surface area (Å²) < 4.78 is 19.0. The Morgan fingerprint density at radius 3 is 2.39 bits per heavy atom. The Labute approximate surface area is 169 Å². The molecule has 3 aromatic carbocycles. The zero-order valence-electron chi connectivity index (χ0n) is 14.6. The van der Waals surface area contributed by atoms with Crippen LogP contribution in [0.3, 0.4) is 0 Å². The van der Waals surface area contributed by atoms with Crippen LogP contribution >= 0.6 is 15.9 Å². The molecular formula is C21H16BrFN2O3. The molecule has 0 unspecified atom stereocenters. The van der Waals surface area contributed by atoms with Crippen molar-refractivity contribution in [2.45, 2.75) is 0 Å². The maximum atomic E-state index is 13.1. The molecule has 0 aromatic heterocycles. The van der Waals surface area contributed by atoms with Gasteiger partial charge in [-0.25, -0.2) is 4.39 Å². The van der Waals surface area contributed by atoms with Crippen molar-refractivity contribution in [1.29, 1.82) is 0 Å². The predicted octanol–water partition coefficient (Wildman–Crippen LogP) is 4.10. The fourth-order valence-electron chi connectivity index (χ4n) is 2.50. The summed E-state index contributed by atoms with van der Waals surface area (Å²) in [6, 6.07) is 20.7. The molecule has 2 amide bonds. The number of amides is 2. The Balaban J connectivity index is 1.57. The standard InChI is InChI=1S/C21H16BrFN2O3/c22-18-12-15(23)10-11-17(18)21(27)25-24-20(26)13-28-19-9-5-4-8-16(19)14-6-2-1-3-7-14/h1-12H,13H2,(H,24,26)(H,25,27). The van der Waals surface area contributed by atoms with Gasteiger partial charge in [-0.15, -0.1) is 0 Å². The third-order valence-electron chi connectivity index (χ3n) is 3.82. The van der Waals surface area contributed by atoms with Crippen molar-refractivity contribution < 1.29 is 18.7 Å². The molecule has 0 spiro atoms. The summed E-state index contributed by atoms with van der Waals surface area (Å²) in [5, 5.41) is 0. The van der Waals surface area contributed by atoms with Crippen LogP contribution in [0.5, 0.6) is 5.75 Å². The maximum Gasteiger partial charge on any atom is 0.276 e. The molecule has 7 heteroatoms. The van der Waals surface area contributed by atoms with Gasteiger partial charge >= 0.3 is 0 Å². The van der Waals surface area contributed by atoms with Crippen LogP contribution in [0, 0.1) is 5.82 Å². The van der Waals surface area contributed by atoms with Crippen molar-refractivity contribution in [2.75, 3.05) is 6.61 Å². The average Bonchev–Trinajstić information content (AvgIpc) is 2.71. The average molecular weight is 443 g/mol. The Bertz CT molecular complexity index is 996. The molecule has 5 nitrogen and oxygen atoms in total. The summed E-state index contributed by atoms with van der Waals surface area (Å²) in [5.41, 5.74) is 6.56. The third-order valence-corrected chi connectivity index (χ3v) is 4.48. The van der Waals surface area contributed by atoms with Crippen LogP contribution in [0.4, 0.5) is 4.39 Å². The van der Waals surface area contributed by atoms with Gasteiger partial charge in [0, 0.05) is 10.0 Å². The van der Waals surface area contributed by atoms with Gasteiger partial charge in [0.15, 0.2) is 6.61 Å². The van der Waals surface area contributed by atoms with Crippen LogP contribution in [-0.2, 0) is 4.79 Å². The van der Waals surface area contributed by atoms with E-state index < -0.39 is 17.6 Å². The fraction of sp³-hybridized carbons (Fsp3) is 0.0476. The lowest BCUT2D eigenvalue weighted by Crippen LogP contribution is -2.44. The summed E-state index contributed by atoms with van der Waals surface area (Å²) in [5.74, 6) is -1.03. The molecule has 3 rings (SSSR count). The third kappa shape index (κ3) is 4.95. The van der Waals surface area contributed by atoms with E-state index in [0.717, 1.165) is 17.2 Å². The van der Waals surface area contributed by atoms with Crippen molar-refractivity contribution in [3.8, 4) is 16.9 Å². The second kappa shape index (κ2) is 9.14. The topological polar surface area (TPSA) is 67.4 Å². The van der Waals surface area contributed by atoms with Gasteiger partial charge in [-0.3, -0.25) is 20.4 Å². The minimum Gasteiger partial charge on any atom is -0.483 e. The summed E-state index contributed by atoms with van der Waals surface area (Å²) in [6.07, 6.45) is 0. The molecule has 0 aliphatic carbocycles. The lowest BCUT2D eigenvalue weighted by atomic mass is 10.1. The van der Waals surface area contributed by atoms with Crippen molar-refractivity contribution in [3.05, 3.63) is 88.6 Å². The number of carbonyl (C=O) groups excluding carboxylic acids is 2. The number of para-hydroxylation sites is 1. The highest BCUT2D eigenvalue weighted by atomic mass is 79.9. The van der Waals surface area contributed by atoms with E-state index >= 15 is 0 Å². The van der Waals surface area contributed by atoms with Gasteiger partial charge in [0.2, 0.25) is 0 Å². The van der Waals surface area contributed by atoms with Crippen molar-refractivity contribution in [2.24, 2.45) is 0 Å². The van der Waals surface area contributed by atoms with Gasteiger partial charge in [0.25, 0.3) is 11.8 Å². The van der Waals surface area contributed by atoms with Crippen LogP contribution in [0.25, 0.3) is 11.1 Å². The number of benzene rings is 3. The maximum absolute atomic E-state index is 13.1. The van der Waals surface area contributed by atoms with E-state index in [1.165, 1.54) is 12.1 Å². The molecule has 0 aliphatic heterocycles. The van der Waals surface area contributed by atoms with Crippen LogP contribution in [0.1, 0.15) is 10.4 Å². The summed E-state index contributed by atoms with van der Waals surface area (Å²) in [4.78, 5) is 24.1. The smallest absolute Gasteiger partial charge is 0.276 e. The molecule has 2 N–H and O–H groups in total. The Kier molecular flexibility index (Phi) is 6.39. The van der Waals surface area contributed by atoms with Crippen molar-refractivity contribution in [3.63, 3.8) is 0 Å². The molecule has 0 radical (unpaired) electrons. The number of nitrogens with one attached hydrogen (secondary N) is 2. The van der Waals surface area contributed by atoms with E-state index in [4.69, 9.17) is 4.74 Å². The number of carbonyl (C=O) groups is 2. The first-order chi connectivity index (χ1) is 13.5. The lowest BCUT2D eigenvalue weighted by molar-refractivity contribution is -0.123. The minimum absolute atomic E-state index is 0.192. The van der Waals surface area contributed by atoms with Crippen LogP contribution in [0.15, 0.2) is 77.3 Å². The highest BCUT2D eigenvalue weighted by Crippen LogP contribution is 2.29. The number of rotatable bonds is 5. The quantitative estimate of drug-likeness (QED) is 0.584. The van der Waals surface area contributed by atoms with Gasteiger partial charge in [-0.05, 0) is 45.8 Å². The first-order valence-corrected chi connectivity index (χ1v) is 9.15. The SMILES string of the molecule is O=C(COc1ccccc1-c1ccccc1)NNC(=O)c1ccc(F)cc1Br. The van der Waals surface area contributed by atoms with E-state index in [0.29, 0.717) is 5.75 Å². The molecular weight excluding hydrogens is 427 g/mol. The molecule has 142 valence electrons. The van der Waals surface area contributed by atoms with E-state index in [2.05, 4.69) is 26.8 Å². The number of ether oxygens (including phenoxy) is 1. The Morgan fingerprint density at radius 1 is 0.929 bits per heavy atom. The van der Waals surface area contributed by atoms with Gasteiger partial charge in [0.05, 0.1) is 5.56 Å². The molecule has 0 saturated heterocycles. The molecule has 28 heavy (non-hydrogen) atoms. The van der Waals surface area contributed by atoms with Gasteiger partial charge in [0.1, 0.15) is 11.6 Å². The molecule has 0 saturated carbocycles. The van der Waals surface area contributed by atoms with Crippen LogP contribution < -0.4 is 15.6 Å². The molecule has 3 aromatic rings. The fourth-order valence-corrected chi connectivity index (χ4v) is 3.03. The normalized spacial score (nSPS) is 10.2.